The number of nitrogens with one attached hydrogen (secondary N) is 1. The molecule has 2 aromatic rings. The van der Waals surface area contributed by atoms with E-state index in [9.17, 15) is 10.1 Å². The lowest BCUT2D eigenvalue weighted by Crippen LogP contribution is -2.46. The van der Waals surface area contributed by atoms with Crippen LogP contribution in [0.3, 0.4) is 0 Å². The number of rotatable bonds is 4. The van der Waals surface area contributed by atoms with Crippen LogP contribution in [0.1, 0.15) is 37.3 Å². The number of halogens is 3. The summed E-state index contributed by atoms with van der Waals surface area (Å²) in [5.41, 5.74) is 4.47. The summed E-state index contributed by atoms with van der Waals surface area (Å²) >= 11 is 18.6. The summed E-state index contributed by atoms with van der Waals surface area (Å²) in [7, 11) is 0. The fourth-order valence-corrected chi connectivity index (χ4v) is 4.72. The third kappa shape index (κ3) is 4.87. The Morgan fingerprint density at radius 2 is 1.66 bits per heavy atom. The molecule has 0 unspecified atom stereocenters. The molecule has 0 aromatic heterocycles. The van der Waals surface area contributed by atoms with Crippen molar-refractivity contribution in [2.45, 2.75) is 31.7 Å². The standard InChI is InChI=1S/C23H22Cl3N5O/c24-16-7-5-15(6-8-16)22-18(14-27)21(23(32)29-30-11-3-1-2-4-12-30)28-31(22)20-10-9-17(25)13-19(20)26/h5-10,13,18,22H,1-4,11-12H2,(H,29,32)/t18-,22+/m1/s1. The van der Waals surface area contributed by atoms with Gasteiger partial charge in [-0.2, -0.15) is 10.4 Å². The van der Waals surface area contributed by atoms with Gasteiger partial charge in [-0.05, 0) is 48.7 Å². The first-order valence-electron chi connectivity index (χ1n) is 10.5. The van der Waals surface area contributed by atoms with Gasteiger partial charge < -0.3 is 0 Å². The summed E-state index contributed by atoms with van der Waals surface area (Å²) in [6.45, 7) is 1.56. The third-order valence-electron chi connectivity index (χ3n) is 5.69. The van der Waals surface area contributed by atoms with Crippen LogP contribution in [0.5, 0.6) is 0 Å². The molecule has 0 radical (unpaired) electrons. The van der Waals surface area contributed by atoms with Crippen molar-refractivity contribution in [3.8, 4) is 6.07 Å². The molecule has 32 heavy (non-hydrogen) atoms. The van der Waals surface area contributed by atoms with E-state index in [-0.39, 0.29) is 11.6 Å². The molecule has 1 saturated heterocycles. The number of carbonyl (C=O) groups excluding carboxylic acids is 1. The van der Waals surface area contributed by atoms with E-state index in [2.05, 4.69) is 16.6 Å². The minimum atomic E-state index is -0.796. The Labute approximate surface area is 202 Å². The zero-order valence-electron chi connectivity index (χ0n) is 17.3. The van der Waals surface area contributed by atoms with Crippen LogP contribution in [0.4, 0.5) is 5.69 Å². The van der Waals surface area contributed by atoms with Crippen molar-refractivity contribution in [3.05, 3.63) is 63.1 Å². The topological polar surface area (TPSA) is 71.7 Å². The van der Waals surface area contributed by atoms with Crippen LogP contribution in [0.15, 0.2) is 47.6 Å². The number of hydrazine groups is 1. The smallest absolute Gasteiger partial charge is 0.283 e. The van der Waals surface area contributed by atoms with Crippen LogP contribution in [-0.4, -0.2) is 29.7 Å². The van der Waals surface area contributed by atoms with Gasteiger partial charge in [0.2, 0.25) is 0 Å². The maximum atomic E-state index is 13.2. The van der Waals surface area contributed by atoms with Gasteiger partial charge in [-0.3, -0.25) is 15.2 Å². The van der Waals surface area contributed by atoms with Gasteiger partial charge in [0.05, 0.1) is 22.8 Å². The van der Waals surface area contributed by atoms with Crippen LogP contribution < -0.4 is 10.4 Å². The number of nitriles is 1. The number of hydrazone groups is 1. The first kappa shape index (κ1) is 22.9. The zero-order chi connectivity index (χ0) is 22.7. The maximum Gasteiger partial charge on any atom is 0.283 e. The Bertz CT molecular complexity index is 1060. The van der Waals surface area contributed by atoms with Crippen LogP contribution in [0.25, 0.3) is 0 Å². The monoisotopic (exact) mass is 489 g/mol. The van der Waals surface area contributed by atoms with E-state index in [0.29, 0.717) is 20.8 Å². The number of carbonyl (C=O) groups is 1. The average molecular weight is 491 g/mol. The summed E-state index contributed by atoms with van der Waals surface area (Å²) in [5.74, 6) is -1.17. The van der Waals surface area contributed by atoms with Gasteiger partial charge >= 0.3 is 0 Å². The Hall–Kier alpha value is -2.30. The van der Waals surface area contributed by atoms with Gasteiger partial charge in [-0.25, -0.2) is 5.01 Å². The van der Waals surface area contributed by atoms with E-state index in [1.165, 1.54) is 0 Å². The van der Waals surface area contributed by atoms with Gasteiger partial charge in [-0.1, -0.05) is 59.8 Å². The first-order chi connectivity index (χ1) is 15.5. The predicted molar refractivity (Wildman–Crippen MR) is 128 cm³/mol. The molecule has 1 amide bonds. The largest absolute Gasteiger partial charge is 0.284 e. The summed E-state index contributed by atoms with van der Waals surface area (Å²) in [6.07, 6.45) is 4.34. The molecule has 2 atom stereocenters. The highest BCUT2D eigenvalue weighted by Gasteiger charge is 2.43. The van der Waals surface area contributed by atoms with Crippen LogP contribution in [-0.2, 0) is 4.79 Å². The molecule has 1 N–H and O–H groups in total. The Morgan fingerprint density at radius 1 is 1.00 bits per heavy atom. The van der Waals surface area contributed by atoms with Gasteiger partial charge in [-0.15, -0.1) is 0 Å². The molecule has 2 aromatic carbocycles. The van der Waals surface area contributed by atoms with Crippen molar-refractivity contribution in [1.29, 1.82) is 5.26 Å². The van der Waals surface area contributed by atoms with Crippen molar-refractivity contribution in [3.63, 3.8) is 0 Å². The number of hydrogen-bond acceptors (Lipinski definition) is 5. The lowest BCUT2D eigenvalue weighted by molar-refractivity contribution is -0.119. The van der Waals surface area contributed by atoms with Crippen LogP contribution in [0.2, 0.25) is 15.1 Å². The van der Waals surface area contributed by atoms with Crippen LogP contribution >= 0.6 is 34.8 Å². The van der Waals surface area contributed by atoms with Gasteiger partial charge in [0.25, 0.3) is 5.91 Å². The van der Waals surface area contributed by atoms with E-state index in [1.807, 2.05) is 17.1 Å². The fraction of sp³-hybridized carbons (Fsp3) is 0.348. The summed E-state index contributed by atoms with van der Waals surface area (Å²) in [5, 5.41) is 19.7. The van der Waals surface area contributed by atoms with Crippen molar-refractivity contribution in [1.82, 2.24) is 10.4 Å². The highest BCUT2D eigenvalue weighted by Crippen LogP contribution is 2.42. The Balaban J connectivity index is 1.71. The van der Waals surface area contributed by atoms with E-state index in [0.717, 1.165) is 44.3 Å². The summed E-state index contributed by atoms with van der Waals surface area (Å²) < 4.78 is 0. The minimum Gasteiger partial charge on any atom is -0.284 e. The molecule has 0 aliphatic carbocycles. The molecule has 6 nitrogen and oxygen atoms in total. The van der Waals surface area contributed by atoms with Crippen LogP contribution in [0, 0.1) is 17.2 Å². The van der Waals surface area contributed by atoms with E-state index < -0.39 is 12.0 Å². The third-order valence-corrected chi connectivity index (χ3v) is 6.48. The SMILES string of the molecule is N#C[C@@H]1C(C(=O)NN2CCCCCC2)=NN(c2ccc(Cl)cc2Cl)[C@H]1c1ccc(Cl)cc1. The predicted octanol–water partition coefficient (Wildman–Crippen LogP) is 5.61. The lowest BCUT2D eigenvalue weighted by Gasteiger charge is -2.26. The second-order valence-corrected chi connectivity index (χ2v) is 9.15. The van der Waals surface area contributed by atoms with Crippen molar-refractivity contribution in [2.24, 2.45) is 11.0 Å². The molecule has 9 heteroatoms. The maximum absolute atomic E-state index is 13.2. The minimum absolute atomic E-state index is 0.155. The van der Waals surface area contributed by atoms with E-state index in [1.54, 1.807) is 35.3 Å². The van der Waals surface area contributed by atoms with Crippen molar-refractivity contribution < 1.29 is 4.79 Å². The molecular weight excluding hydrogens is 469 g/mol. The molecule has 4 rings (SSSR count). The molecule has 2 aliphatic heterocycles. The molecular formula is C23H22Cl3N5O. The normalized spacial score (nSPS) is 21.6. The number of benzene rings is 2. The highest BCUT2D eigenvalue weighted by atomic mass is 35.5. The second-order valence-electron chi connectivity index (χ2n) is 7.87. The number of nitrogens with zero attached hydrogens (tertiary/aromatic N) is 4. The van der Waals surface area contributed by atoms with Gasteiger partial charge in [0.15, 0.2) is 0 Å². The quantitative estimate of drug-likeness (QED) is 0.604. The van der Waals surface area contributed by atoms with Crippen molar-refractivity contribution >= 4 is 52.1 Å². The summed E-state index contributed by atoms with van der Waals surface area (Å²) in [4.78, 5) is 13.2. The summed E-state index contributed by atoms with van der Waals surface area (Å²) in [6, 6.07) is 14.0. The average Bonchev–Trinajstić information content (AvgIpc) is 2.96. The molecule has 2 heterocycles. The number of hydrogen-bond donors (Lipinski definition) is 1. The van der Waals surface area contributed by atoms with E-state index >= 15 is 0 Å². The zero-order valence-corrected chi connectivity index (χ0v) is 19.5. The van der Waals surface area contributed by atoms with Gasteiger partial charge in [0, 0.05) is 23.1 Å². The second kappa shape index (κ2) is 10.1. The fourth-order valence-electron chi connectivity index (χ4n) is 4.10. The lowest BCUT2D eigenvalue weighted by atomic mass is 9.90. The number of anilines is 1. The molecule has 0 bridgehead atoms. The number of amides is 1. The Kier molecular flexibility index (Phi) is 7.22. The van der Waals surface area contributed by atoms with Crippen molar-refractivity contribution in [2.75, 3.05) is 18.1 Å². The highest BCUT2D eigenvalue weighted by molar-refractivity contribution is 6.41. The molecule has 0 spiro atoms. The first-order valence-corrected chi connectivity index (χ1v) is 11.6. The van der Waals surface area contributed by atoms with Gasteiger partial charge in [0.1, 0.15) is 11.6 Å². The molecule has 166 valence electrons. The van der Waals surface area contributed by atoms with E-state index in [4.69, 9.17) is 34.8 Å². The Morgan fingerprint density at radius 3 is 2.28 bits per heavy atom. The molecule has 0 saturated carbocycles. The molecule has 2 aliphatic rings. The molecule has 1 fully saturated rings.